The molecule has 0 amide bonds. The molecule has 0 aromatic carbocycles. The molecule has 2 aliphatic rings. The SMILES string of the molecule is Cc1nnc(-c2cc3cc(CC(=O)CN4C5CCC4CC5)ncc3cn2)s1. The van der Waals surface area contributed by atoms with Crippen molar-refractivity contribution in [3.05, 3.63) is 35.2 Å². The molecular formula is C20H21N5OS. The minimum atomic E-state index is 0.259. The Hall–Kier alpha value is -2.25. The highest BCUT2D eigenvalue weighted by atomic mass is 32.1. The van der Waals surface area contributed by atoms with Gasteiger partial charge in [0.2, 0.25) is 0 Å². The van der Waals surface area contributed by atoms with Crippen LogP contribution in [0.2, 0.25) is 0 Å². The van der Waals surface area contributed by atoms with Crippen LogP contribution in [0.1, 0.15) is 36.4 Å². The van der Waals surface area contributed by atoms with Gasteiger partial charge in [-0.25, -0.2) is 0 Å². The van der Waals surface area contributed by atoms with Crippen molar-refractivity contribution in [3.8, 4) is 10.7 Å². The lowest BCUT2D eigenvalue weighted by Gasteiger charge is -2.20. The van der Waals surface area contributed by atoms with Crippen LogP contribution in [-0.4, -0.2) is 49.5 Å². The quantitative estimate of drug-likeness (QED) is 0.678. The molecule has 2 saturated heterocycles. The van der Waals surface area contributed by atoms with Gasteiger partial charge in [0, 0.05) is 35.6 Å². The van der Waals surface area contributed by atoms with E-state index in [-0.39, 0.29) is 5.78 Å². The molecule has 3 aromatic heterocycles. The van der Waals surface area contributed by atoms with Gasteiger partial charge in [-0.15, -0.1) is 10.2 Å². The van der Waals surface area contributed by atoms with Crippen molar-refractivity contribution in [2.45, 2.75) is 51.1 Å². The fourth-order valence-corrected chi connectivity index (χ4v) is 5.10. The molecule has 138 valence electrons. The zero-order chi connectivity index (χ0) is 18.4. The smallest absolute Gasteiger partial charge is 0.166 e. The lowest BCUT2D eigenvalue weighted by atomic mass is 10.0. The number of fused-ring (bicyclic) bond motifs is 3. The van der Waals surface area contributed by atoms with Crippen LogP contribution in [-0.2, 0) is 11.2 Å². The highest BCUT2D eigenvalue weighted by Gasteiger charge is 2.39. The van der Waals surface area contributed by atoms with E-state index in [9.17, 15) is 4.79 Å². The predicted octanol–water partition coefficient (Wildman–Crippen LogP) is 3.20. The molecule has 0 saturated carbocycles. The maximum absolute atomic E-state index is 12.6. The Balaban J connectivity index is 1.35. The Bertz CT molecular complexity index is 997. The Morgan fingerprint density at radius 2 is 1.81 bits per heavy atom. The number of aryl methyl sites for hydroxylation is 1. The van der Waals surface area contributed by atoms with Crippen LogP contribution in [0.15, 0.2) is 24.5 Å². The molecule has 2 fully saturated rings. The van der Waals surface area contributed by atoms with Crippen LogP contribution in [0.3, 0.4) is 0 Å². The Morgan fingerprint density at radius 3 is 2.52 bits per heavy atom. The average molecular weight is 379 g/mol. The van der Waals surface area contributed by atoms with Crippen molar-refractivity contribution in [2.24, 2.45) is 0 Å². The van der Waals surface area contributed by atoms with Crippen LogP contribution in [0.25, 0.3) is 21.5 Å². The molecule has 27 heavy (non-hydrogen) atoms. The van der Waals surface area contributed by atoms with Gasteiger partial charge in [-0.3, -0.25) is 19.7 Å². The normalized spacial score (nSPS) is 22.0. The van der Waals surface area contributed by atoms with Crippen molar-refractivity contribution in [2.75, 3.05) is 6.54 Å². The Kier molecular flexibility index (Phi) is 4.21. The fourth-order valence-electron chi connectivity index (χ4n) is 4.44. The number of carbonyl (C=O) groups is 1. The first-order chi connectivity index (χ1) is 13.2. The fraction of sp³-hybridized carbons (Fsp3) is 0.450. The van der Waals surface area contributed by atoms with Crippen LogP contribution in [0.4, 0.5) is 0 Å². The van der Waals surface area contributed by atoms with Gasteiger partial charge in [-0.05, 0) is 50.1 Å². The molecule has 0 spiro atoms. The maximum atomic E-state index is 12.6. The van der Waals surface area contributed by atoms with Crippen LogP contribution < -0.4 is 0 Å². The summed E-state index contributed by atoms with van der Waals surface area (Å²) < 4.78 is 0. The molecule has 0 atom stereocenters. The van der Waals surface area contributed by atoms with Gasteiger partial charge in [-0.1, -0.05) is 11.3 Å². The highest BCUT2D eigenvalue weighted by molar-refractivity contribution is 7.14. The average Bonchev–Trinajstić information content (AvgIpc) is 3.37. The Labute approximate surface area is 161 Å². The van der Waals surface area contributed by atoms with E-state index >= 15 is 0 Å². The molecular weight excluding hydrogens is 358 g/mol. The summed E-state index contributed by atoms with van der Waals surface area (Å²) in [6, 6.07) is 5.27. The summed E-state index contributed by atoms with van der Waals surface area (Å²) in [6.07, 6.45) is 9.03. The maximum Gasteiger partial charge on any atom is 0.166 e. The number of nitrogens with zero attached hydrogens (tertiary/aromatic N) is 5. The molecule has 5 rings (SSSR count). The number of hydrogen-bond donors (Lipinski definition) is 0. The third kappa shape index (κ3) is 3.26. The first-order valence-corrected chi connectivity index (χ1v) is 10.3. The van der Waals surface area contributed by atoms with Gasteiger partial charge in [-0.2, -0.15) is 0 Å². The van der Waals surface area contributed by atoms with E-state index in [0.29, 0.717) is 25.0 Å². The van der Waals surface area contributed by atoms with Gasteiger partial charge in [0.15, 0.2) is 10.8 Å². The zero-order valence-corrected chi connectivity index (χ0v) is 16.1. The van der Waals surface area contributed by atoms with E-state index in [1.807, 2.05) is 25.3 Å². The summed E-state index contributed by atoms with van der Waals surface area (Å²) in [5.41, 5.74) is 1.63. The second-order valence-corrected chi connectivity index (χ2v) is 8.75. The molecule has 0 N–H and O–H groups in total. The standard InChI is InChI=1S/C20H21N5OS/c1-12-23-24-20(27-12)19-7-13-6-15(21-9-14(13)10-22-19)8-18(26)11-25-16-2-3-17(25)5-4-16/h6-7,9-10,16-17H,2-5,8,11H2,1H3. The van der Waals surface area contributed by atoms with Crippen molar-refractivity contribution in [1.82, 2.24) is 25.1 Å². The second-order valence-electron chi connectivity index (χ2n) is 7.57. The number of pyridine rings is 2. The van der Waals surface area contributed by atoms with E-state index in [2.05, 4.69) is 25.1 Å². The van der Waals surface area contributed by atoms with Gasteiger partial charge in [0.05, 0.1) is 13.0 Å². The van der Waals surface area contributed by atoms with Gasteiger partial charge >= 0.3 is 0 Å². The van der Waals surface area contributed by atoms with Gasteiger partial charge < -0.3 is 0 Å². The van der Waals surface area contributed by atoms with Gasteiger partial charge in [0.25, 0.3) is 0 Å². The third-order valence-corrected chi connectivity index (χ3v) is 6.61. The van der Waals surface area contributed by atoms with Crippen LogP contribution in [0, 0.1) is 6.92 Å². The minimum absolute atomic E-state index is 0.259. The first-order valence-electron chi connectivity index (χ1n) is 9.48. The first kappa shape index (κ1) is 16.9. The number of carbonyl (C=O) groups excluding carboxylic acids is 1. The lowest BCUT2D eigenvalue weighted by molar-refractivity contribution is -0.119. The van der Waals surface area contributed by atoms with E-state index in [1.54, 1.807) is 6.20 Å². The summed E-state index contributed by atoms with van der Waals surface area (Å²) >= 11 is 1.53. The molecule has 2 bridgehead atoms. The van der Waals surface area contributed by atoms with E-state index in [0.717, 1.165) is 32.2 Å². The molecule has 6 nitrogen and oxygen atoms in total. The Morgan fingerprint density at radius 1 is 1.07 bits per heavy atom. The van der Waals surface area contributed by atoms with Gasteiger partial charge in [0.1, 0.15) is 10.7 Å². The molecule has 0 radical (unpaired) electrons. The topological polar surface area (TPSA) is 71.9 Å². The summed E-state index contributed by atoms with van der Waals surface area (Å²) in [7, 11) is 0. The minimum Gasteiger partial charge on any atom is -0.298 e. The number of Topliss-reactive ketones (excluding diaryl/α,β-unsaturated/α-hetero) is 1. The molecule has 0 unspecified atom stereocenters. The molecule has 0 aliphatic carbocycles. The van der Waals surface area contributed by atoms with Crippen molar-refractivity contribution < 1.29 is 4.79 Å². The molecule has 7 heteroatoms. The highest BCUT2D eigenvalue weighted by Crippen LogP contribution is 2.37. The number of rotatable bonds is 5. The predicted molar refractivity (Wildman–Crippen MR) is 105 cm³/mol. The summed E-state index contributed by atoms with van der Waals surface area (Å²) in [5, 5.41) is 12.0. The largest absolute Gasteiger partial charge is 0.298 e. The van der Waals surface area contributed by atoms with E-state index in [4.69, 9.17) is 0 Å². The van der Waals surface area contributed by atoms with Crippen molar-refractivity contribution in [3.63, 3.8) is 0 Å². The summed E-state index contributed by atoms with van der Waals surface area (Å²) in [5.74, 6) is 0.259. The number of aromatic nitrogens is 4. The molecule has 5 heterocycles. The van der Waals surface area contributed by atoms with Crippen molar-refractivity contribution >= 4 is 27.9 Å². The number of hydrogen-bond acceptors (Lipinski definition) is 7. The summed E-state index contributed by atoms with van der Waals surface area (Å²) in [4.78, 5) is 24.0. The zero-order valence-electron chi connectivity index (χ0n) is 15.3. The van der Waals surface area contributed by atoms with Crippen LogP contribution >= 0.6 is 11.3 Å². The number of ketones is 1. The second kappa shape index (κ2) is 6.73. The molecule has 2 aliphatic heterocycles. The third-order valence-electron chi connectivity index (χ3n) is 5.75. The van der Waals surface area contributed by atoms with Crippen LogP contribution in [0.5, 0.6) is 0 Å². The monoisotopic (exact) mass is 379 g/mol. The lowest BCUT2D eigenvalue weighted by Crippen LogP contribution is -2.34. The van der Waals surface area contributed by atoms with E-state index < -0.39 is 0 Å². The molecule has 3 aromatic rings. The summed E-state index contributed by atoms with van der Waals surface area (Å²) in [6.45, 7) is 2.50. The van der Waals surface area contributed by atoms with Crippen molar-refractivity contribution in [1.29, 1.82) is 0 Å². The van der Waals surface area contributed by atoms with E-state index in [1.165, 1.54) is 37.0 Å².